The molecule has 0 unspecified atom stereocenters. The van der Waals surface area contributed by atoms with Gasteiger partial charge in [0.25, 0.3) is 5.91 Å². The number of esters is 1. The second-order valence-electron chi connectivity index (χ2n) is 10.9. The van der Waals surface area contributed by atoms with Crippen molar-refractivity contribution in [1.29, 1.82) is 0 Å². The Balaban J connectivity index is 1.60. The molecular formula is C28H36F2N4O4. The number of carbonyl (C=O) groups is 2. The highest BCUT2D eigenvalue weighted by Crippen LogP contribution is 2.37. The number of fused-ring (bicyclic) bond motifs is 1. The van der Waals surface area contributed by atoms with E-state index in [9.17, 15) is 18.4 Å². The number of ether oxygens (including phenoxy) is 2. The van der Waals surface area contributed by atoms with Gasteiger partial charge in [0.1, 0.15) is 17.9 Å². The summed E-state index contributed by atoms with van der Waals surface area (Å²) in [5, 5.41) is 7.24. The van der Waals surface area contributed by atoms with Crippen molar-refractivity contribution < 1.29 is 27.8 Å². The Labute approximate surface area is 222 Å². The predicted octanol–water partition coefficient (Wildman–Crippen LogP) is 4.59. The number of nitrogens with one attached hydrogen (secondary N) is 1. The third-order valence-corrected chi connectivity index (χ3v) is 6.90. The molecule has 0 atom stereocenters. The van der Waals surface area contributed by atoms with Gasteiger partial charge in [0.05, 0.1) is 6.10 Å². The van der Waals surface area contributed by atoms with Gasteiger partial charge in [-0.05, 0) is 58.8 Å². The molecule has 1 fully saturated rings. The lowest BCUT2D eigenvalue weighted by Gasteiger charge is -2.29. The molecule has 2 aliphatic rings. The van der Waals surface area contributed by atoms with Gasteiger partial charge < -0.3 is 14.4 Å². The standard InChI is InChI=1S/C28H36F2N4O4/c1-17(2)38-27(36)20-15-34(16-28(4,5)23-18(3)31-32-24(20)23)26(35)19-13-21(29)25(22(30)14-19)37-12-11-33-9-7-6-8-10-33/h13-15,17H,6-12,16H2,1-5H3,(H,31,32). The van der Waals surface area contributed by atoms with E-state index < -0.39 is 40.8 Å². The van der Waals surface area contributed by atoms with E-state index >= 15 is 0 Å². The van der Waals surface area contributed by atoms with Gasteiger partial charge in [0.15, 0.2) is 17.4 Å². The Morgan fingerprint density at radius 1 is 1.13 bits per heavy atom. The molecule has 1 N–H and O–H groups in total. The first-order valence-corrected chi connectivity index (χ1v) is 13.1. The van der Waals surface area contributed by atoms with Crippen molar-refractivity contribution in [2.45, 2.75) is 65.4 Å². The van der Waals surface area contributed by atoms with Crippen LogP contribution in [-0.2, 0) is 14.9 Å². The summed E-state index contributed by atoms with van der Waals surface area (Å²) in [7, 11) is 0. The number of nitrogens with zero attached hydrogens (tertiary/aromatic N) is 3. The lowest BCUT2D eigenvalue weighted by molar-refractivity contribution is -0.140. The molecular weight excluding hydrogens is 494 g/mol. The minimum Gasteiger partial charge on any atom is -0.486 e. The summed E-state index contributed by atoms with van der Waals surface area (Å²) in [6.45, 7) is 11.9. The van der Waals surface area contributed by atoms with Crippen LogP contribution < -0.4 is 4.74 Å². The quantitative estimate of drug-likeness (QED) is 0.527. The average Bonchev–Trinajstić information content (AvgIpc) is 3.19. The number of benzene rings is 1. The third-order valence-electron chi connectivity index (χ3n) is 6.90. The van der Waals surface area contributed by atoms with E-state index in [0.717, 1.165) is 49.3 Å². The number of likely N-dealkylation sites (tertiary alicyclic amines) is 1. The molecule has 0 bridgehead atoms. The predicted molar refractivity (Wildman–Crippen MR) is 139 cm³/mol. The van der Waals surface area contributed by atoms with Gasteiger partial charge >= 0.3 is 5.97 Å². The van der Waals surface area contributed by atoms with E-state index in [1.54, 1.807) is 13.8 Å². The van der Waals surface area contributed by atoms with E-state index in [1.165, 1.54) is 17.5 Å². The molecule has 3 heterocycles. The van der Waals surface area contributed by atoms with Crippen LogP contribution in [0.25, 0.3) is 5.57 Å². The van der Waals surface area contributed by atoms with Gasteiger partial charge in [-0.3, -0.25) is 14.8 Å². The summed E-state index contributed by atoms with van der Waals surface area (Å²) in [6.07, 6.45) is 4.39. The van der Waals surface area contributed by atoms with Crippen LogP contribution in [0.5, 0.6) is 5.75 Å². The number of piperidine rings is 1. The summed E-state index contributed by atoms with van der Waals surface area (Å²) in [5.74, 6) is -3.69. The molecule has 0 saturated carbocycles. The molecule has 38 heavy (non-hydrogen) atoms. The molecule has 2 aromatic rings. The normalized spacial score (nSPS) is 17.6. The van der Waals surface area contributed by atoms with Gasteiger partial charge in [-0.15, -0.1) is 0 Å². The van der Waals surface area contributed by atoms with Crippen molar-refractivity contribution in [2.24, 2.45) is 0 Å². The number of halogens is 2. The summed E-state index contributed by atoms with van der Waals surface area (Å²) < 4.78 is 40.7. The monoisotopic (exact) mass is 530 g/mol. The number of amides is 1. The van der Waals surface area contributed by atoms with Crippen molar-refractivity contribution in [3.05, 3.63) is 52.5 Å². The van der Waals surface area contributed by atoms with Crippen molar-refractivity contribution in [3.63, 3.8) is 0 Å². The molecule has 10 heteroatoms. The van der Waals surface area contributed by atoms with E-state index in [1.807, 2.05) is 20.8 Å². The van der Waals surface area contributed by atoms with Crippen LogP contribution in [0.15, 0.2) is 18.3 Å². The Hall–Kier alpha value is -3.27. The van der Waals surface area contributed by atoms with E-state index in [2.05, 4.69) is 15.1 Å². The summed E-state index contributed by atoms with van der Waals surface area (Å²) in [5.41, 5.74) is 1.19. The van der Waals surface area contributed by atoms with Crippen molar-refractivity contribution in [1.82, 2.24) is 20.0 Å². The van der Waals surface area contributed by atoms with Gasteiger partial charge in [0, 0.05) is 41.5 Å². The zero-order chi connectivity index (χ0) is 27.6. The van der Waals surface area contributed by atoms with Crippen LogP contribution in [0.4, 0.5) is 8.78 Å². The lowest BCUT2D eigenvalue weighted by atomic mass is 9.82. The van der Waals surface area contributed by atoms with Crippen molar-refractivity contribution >= 4 is 17.4 Å². The first-order valence-electron chi connectivity index (χ1n) is 13.1. The SMILES string of the molecule is Cc1[nH]nc2c1C(C)(C)CN(C(=O)c1cc(F)c(OCCN3CCCCC3)c(F)c1)C=C2C(=O)OC(C)C. The first-order chi connectivity index (χ1) is 18.0. The molecule has 0 radical (unpaired) electrons. The molecule has 1 aromatic carbocycles. The topological polar surface area (TPSA) is 87.8 Å². The minimum atomic E-state index is -0.950. The van der Waals surface area contributed by atoms with Gasteiger partial charge in [-0.1, -0.05) is 20.3 Å². The van der Waals surface area contributed by atoms with E-state index in [-0.39, 0.29) is 24.3 Å². The summed E-state index contributed by atoms with van der Waals surface area (Å²) in [4.78, 5) is 30.0. The maximum absolute atomic E-state index is 15.0. The number of hydrogen-bond donors (Lipinski definition) is 1. The second kappa shape index (κ2) is 11.2. The van der Waals surface area contributed by atoms with Crippen LogP contribution in [0.3, 0.4) is 0 Å². The summed E-state index contributed by atoms with van der Waals surface area (Å²) >= 11 is 0. The highest BCUT2D eigenvalue weighted by atomic mass is 19.1. The molecule has 4 rings (SSSR count). The van der Waals surface area contributed by atoms with Gasteiger partial charge in [-0.2, -0.15) is 5.10 Å². The number of H-pyrrole nitrogens is 1. The Kier molecular flexibility index (Phi) is 8.20. The second-order valence-corrected chi connectivity index (χ2v) is 10.9. The van der Waals surface area contributed by atoms with Crippen LogP contribution >= 0.6 is 0 Å². The highest BCUT2D eigenvalue weighted by Gasteiger charge is 2.38. The lowest BCUT2D eigenvalue weighted by Crippen LogP contribution is -2.37. The van der Waals surface area contributed by atoms with Crippen LogP contribution in [0.1, 0.15) is 74.3 Å². The third kappa shape index (κ3) is 5.90. The fraction of sp³-hybridized carbons (Fsp3) is 0.536. The smallest absolute Gasteiger partial charge is 0.342 e. The zero-order valence-corrected chi connectivity index (χ0v) is 22.7. The molecule has 2 aliphatic heterocycles. The molecule has 1 amide bonds. The van der Waals surface area contributed by atoms with E-state index in [4.69, 9.17) is 9.47 Å². The fourth-order valence-electron chi connectivity index (χ4n) is 5.22. The van der Waals surface area contributed by atoms with Crippen molar-refractivity contribution in [3.8, 4) is 5.75 Å². The number of aromatic nitrogens is 2. The molecule has 0 aliphatic carbocycles. The average molecular weight is 531 g/mol. The molecule has 8 nitrogen and oxygen atoms in total. The maximum Gasteiger partial charge on any atom is 0.342 e. The Morgan fingerprint density at radius 2 is 1.79 bits per heavy atom. The van der Waals surface area contributed by atoms with Crippen molar-refractivity contribution in [2.75, 3.05) is 32.8 Å². The molecule has 1 saturated heterocycles. The Bertz CT molecular complexity index is 1210. The zero-order valence-electron chi connectivity index (χ0n) is 22.7. The highest BCUT2D eigenvalue weighted by molar-refractivity contribution is 6.17. The Morgan fingerprint density at radius 3 is 2.42 bits per heavy atom. The maximum atomic E-state index is 15.0. The fourth-order valence-corrected chi connectivity index (χ4v) is 5.22. The van der Waals surface area contributed by atoms with E-state index in [0.29, 0.717) is 12.2 Å². The van der Waals surface area contributed by atoms with Gasteiger partial charge in [-0.25, -0.2) is 13.6 Å². The van der Waals surface area contributed by atoms with Crippen LogP contribution in [0, 0.1) is 18.6 Å². The molecule has 0 spiro atoms. The minimum absolute atomic E-state index is 0.0931. The largest absolute Gasteiger partial charge is 0.486 e. The number of aryl methyl sites for hydroxylation is 1. The number of carbonyl (C=O) groups excluding carboxylic acids is 2. The molecule has 1 aromatic heterocycles. The number of hydrogen-bond acceptors (Lipinski definition) is 6. The first kappa shape index (κ1) is 27.8. The number of aromatic amines is 1. The van der Waals surface area contributed by atoms with Crippen LogP contribution in [-0.4, -0.2) is 70.8 Å². The van der Waals surface area contributed by atoms with Gasteiger partial charge in [0.2, 0.25) is 0 Å². The van der Waals surface area contributed by atoms with Crippen LogP contribution in [0.2, 0.25) is 0 Å². The molecule has 206 valence electrons. The number of rotatable bonds is 7. The summed E-state index contributed by atoms with van der Waals surface area (Å²) in [6, 6.07) is 1.95.